The second-order valence-corrected chi connectivity index (χ2v) is 16.4. The van der Waals surface area contributed by atoms with E-state index in [4.69, 9.17) is 4.42 Å². The molecule has 0 aliphatic heterocycles. The van der Waals surface area contributed by atoms with Crippen molar-refractivity contribution < 1.29 is 4.42 Å². The molecular weight excluding hydrogens is 775 g/mol. The number of hydrogen-bond acceptors (Lipinski definition) is 2. The van der Waals surface area contributed by atoms with Gasteiger partial charge in [-0.05, 0) is 126 Å². The largest absolute Gasteiger partial charge is 0.456 e. The van der Waals surface area contributed by atoms with Crippen LogP contribution in [0, 0.1) is 0 Å². The first kappa shape index (κ1) is 37.3. The fraction of sp³-hybridized carbons (Fsp3) is 0. The molecule has 64 heavy (non-hydrogen) atoms. The van der Waals surface area contributed by atoms with Gasteiger partial charge in [0.25, 0.3) is 0 Å². The number of hydrogen-bond donors (Lipinski definition) is 0. The Kier molecular flexibility index (Phi) is 9.20. The third-order valence-corrected chi connectivity index (χ3v) is 12.7. The van der Waals surface area contributed by atoms with E-state index in [1.54, 1.807) is 0 Å². The van der Waals surface area contributed by atoms with Gasteiger partial charge < -0.3 is 9.32 Å². The summed E-state index contributed by atoms with van der Waals surface area (Å²) in [6.07, 6.45) is 0. The Morgan fingerprint density at radius 2 is 0.734 bits per heavy atom. The first-order valence-electron chi connectivity index (χ1n) is 21.9. The molecular formula is C62H41NO. The van der Waals surface area contributed by atoms with Crippen molar-refractivity contribution in [1.82, 2.24) is 0 Å². The molecule has 0 aliphatic rings. The summed E-state index contributed by atoms with van der Waals surface area (Å²) in [6.45, 7) is 0. The summed E-state index contributed by atoms with van der Waals surface area (Å²) in [5.41, 5.74) is 16.9. The lowest BCUT2D eigenvalue weighted by Gasteiger charge is -2.27. The predicted molar refractivity (Wildman–Crippen MR) is 271 cm³/mol. The Hall–Kier alpha value is -8.46. The first-order valence-corrected chi connectivity index (χ1v) is 21.9. The molecule has 2 heteroatoms. The van der Waals surface area contributed by atoms with Crippen molar-refractivity contribution in [2.45, 2.75) is 0 Å². The Morgan fingerprint density at radius 3 is 1.41 bits per heavy atom. The summed E-state index contributed by atoms with van der Waals surface area (Å²) in [7, 11) is 0. The second-order valence-electron chi connectivity index (χ2n) is 16.4. The molecule has 0 unspecified atom stereocenters. The van der Waals surface area contributed by atoms with Crippen LogP contribution in [0.4, 0.5) is 17.1 Å². The van der Waals surface area contributed by atoms with Gasteiger partial charge in [-0.15, -0.1) is 0 Å². The van der Waals surface area contributed by atoms with E-state index in [2.05, 4.69) is 248 Å². The van der Waals surface area contributed by atoms with Crippen molar-refractivity contribution in [3.05, 3.63) is 249 Å². The molecule has 0 spiro atoms. The van der Waals surface area contributed by atoms with E-state index in [1.807, 2.05) is 6.07 Å². The minimum Gasteiger partial charge on any atom is -0.456 e. The summed E-state index contributed by atoms with van der Waals surface area (Å²) >= 11 is 0. The maximum Gasteiger partial charge on any atom is 0.137 e. The van der Waals surface area contributed by atoms with Crippen LogP contribution < -0.4 is 4.90 Å². The summed E-state index contributed by atoms with van der Waals surface area (Å²) in [5.74, 6) is 0. The highest BCUT2D eigenvalue weighted by Crippen LogP contribution is 2.45. The van der Waals surface area contributed by atoms with Gasteiger partial charge >= 0.3 is 0 Å². The second kappa shape index (κ2) is 15.8. The van der Waals surface area contributed by atoms with Crippen LogP contribution in [0.2, 0.25) is 0 Å². The number of furan rings is 1. The summed E-state index contributed by atoms with van der Waals surface area (Å²) in [4.78, 5) is 2.37. The van der Waals surface area contributed by atoms with Gasteiger partial charge in [-0.25, -0.2) is 0 Å². The Bertz CT molecular complexity index is 3660. The van der Waals surface area contributed by atoms with Gasteiger partial charge in [-0.3, -0.25) is 0 Å². The molecule has 0 saturated carbocycles. The number of fused-ring (bicyclic) bond motifs is 6. The molecule has 12 rings (SSSR count). The average Bonchev–Trinajstić information content (AvgIpc) is 3.76. The Balaban J connectivity index is 0.956. The fourth-order valence-corrected chi connectivity index (χ4v) is 9.67. The fourth-order valence-electron chi connectivity index (χ4n) is 9.67. The standard InChI is InChI=1S/C62H41NO/c1-2-15-43(16-3-1)51-19-6-8-21-54(51)56-23-10-11-24-57(56)55-22-9-7-20-52(55)45-33-38-49(39-34-45)63(59-26-14-28-61-62(59)58-25-12-13-27-60(58)64-61)48-36-31-42(32-37-48)46-35-40-53-47(41-46)30-29-44-17-4-5-18-50(44)53/h1-41H. The zero-order valence-electron chi connectivity index (χ0n) is 35.0. The van der Waals surface area contributed by atoms with Crippen LogP contribution in [0.5, 0.6) is 0 Å². The van der Waals surface area contributed by atoms with Crippen LogP contribution >= 0.6 is 0 Å². The molecule has 0 fully saturated rings. The molecule has 0 radical (unpaired) electrons. The number of nitrogens with zero attached hydrogens (tertiary/aromatic N) is 1. The molecule has 1 heterocycles. The van der Waals surface area contributed by atoms with Crippen LogP contribution in [0.15, 0.2) is 253 Å². The molecule has 11 aromatic carbocycles. The summed E-state index contributed by atoms with van der Waals surface area (Å²) < 4.78 is 6.43. The molecule has 0 saturated heterocycles. The lowest BCUT2D eigenvalue weighted by Crippen LogP contribution is -2.10. The third kappa shape index (κ3) is 6.52. The smallest absolute Gasteiger partial charge is 0.137 e. The third-order valence-electron chi connectivity index (χ3n) is 12.7. The Labute approximate surface area is 372 Å². The van der Waals surface area contributed by atoms with Crippen molar-refractivity contribution in [3.63, 3.8) is 0 Å². The number of rotatable bonds is 8. The average molecular weight is 816 g/mol. The quantitative estimate of drug-likeness (QED) is 0.142. The van der Waals surface area contributed by atoms with Crippen molar-refractivity contribution in [3.8, 4) is 55.6 Å². The van der Waals surface area contributed by atoms with Gasteiger partial charge in [0.15, 0.2) is 0 Å². The normalized spacial score (nSPS) is 11.4. The van der Waals surface area contributed by atoms with E-state index in [9.17, 15) is 0 Å². The van der Waals surface area contributed by atoms with Crippen molar-refractivity contribution >= 4 is 60.5 Å². The van der Waals surface area contributed by atoms with Gasteiger partial charge in [0.05, 0.1) is 11.1 Å². The minimum atomic E-state index is 0.863. The molecule has 1 aromatic heterocycles. The molecule has 0 atom stereocenters. The lowest BCUT2D eigenvalue weighted by molar-refractivity contribution is 0.669. The highest BCUT2D eigenvalue weighted by Gasteiger charge is 2.21. The highest BCUT2D eigenvalue weighted by molar-refractivity contribution is 6.13. The van der Waals surface area contributed by atoms with Gasteiger partial charge in [-0.1, -0.05) is 200 Å². The molecule has 0 N–H and O–H groups in total. The number of benzene rings is 11. The predicted octanol–water partition coefficient (Wildman–Crippen LogP) is 17.7. The van der Waals surface area contributed by atoms with Gasteiger partial charge in [0, 0.05) is 16.8 Å². The maximum absolute atomic E-state index is 6.43. The van der Waals surface area contributed by atoms with E-state index in [0.29, 0.717) is 0 Å². The van der Waals surface area contributed by atoms with Crippen molar-refractivity contribution in [1.29, 1.82) is 0 Å². The maximum atomic E-state index is 6.43. The summed E-state index contributed by atoms with van der Waals surface area (Å²) in [6, 6.07) is 89.6. The lowest BCUT2D eigenvalue weighted by atomic mass is 9.87. The van der Waals surface area contributed by atoms with E-state index in [0.717, 1.165) is 44.6 Å². The van der Waals surface area contributed by atoms with E-state index < -0.39 is 0 Å². The molecule has 0 amide bonds. The zero-order chi connectivity index (χ0) is 42.4. The van der Waals surface area contributed by atoms with Crippen LogP contribution in [-0.4, -0.2) is 0 Å². The van der Waals surface area contributed by atoms with Crippen LogP contribution in [-0.2, 0) is 0 Å². The molecule has 0 aliphatic carbocycles. The molecule has 0 bridgehead atoms. The van der Waals surface area contributed by atoms with Gasteiger partial charge in [-0.2, -0.15) is 0 Å². The van der Waals surface area contributed by atoms with Crippen LogP contribution in [0.25, 0.3) is 99.1 Å². The highest BCUT2D eigenvalue weighted by atomic mass is 16.3. The van der Waals surface area contributed by atoms with Crippen LogP contribution in [0.1, 0.15) is 0 Å². The SMILES string of the molecule is c1ccc(-c2ccccc2-c2ccccc2-c2ccccc2-c2ccc(N(c3ccc(-c4ccc5c(ccc6ccccc65)c4)cc3)c3cccc4oc5ccccc5c34)cc2)cc1. The topological polar surface area (TPSA) is 16.4 Å². The van der Waals surface area contributed by atoms with Gasteiger partial charge in [0.2, 0.25) is 0 Å². The molecule has 12 aromatic rings. The van der Waals surface area contributed by atoms with Crippen molar-refractivity contribution in [2.75, 3.05) is 4.90 Å². The number of anilines is 3. The van der Waals surface area contributed by atoms with Gasteiger partial charge in [0.1, 0.15) is 11.2 Å². The zero-order valence-corrected chi connectivity index (χ0v) is 35.0. The van der Waals surface area contributed by atoms with E-state index in [-0.39, 0.29) is 0 Å². The monoisotopic (exact) mass is 815 g/mol. The molecule has 2 nitrogen and oxygen atoms in total. The number of para-hydroxylation sites is 1. The summed E-state index contributed by atoms with van der Waals surface area (Å²) in [5, 5.41) is 7.23. The first-order chi connectivity index (χ1) is 31.7. The molecule has 300 valence electrons. The van der Waals surface area contributed by atoms with E-state index in [1.165, 1.54) is 71.6 Å². The van der Waals surface area contributed by atoms with Crippen LogP contribution in [0.3, 0.4) is 0 Å². The van der Waals surface area contributed by atoms with E-state index >= 15 is 0 Å². The Morgan fingerprint density at radius 1 is 0.266 bits per heavy atom. The minimum absolute atomic E-state index is 0.863. The van der Waals surface area contributed by atoms with Crippen molar-refractivity contribution in [2.24, 2.45) is 0 Å².